The average molecular weight is 346 g/mol. The topological polar surface area (TPSA) is 34.5 Å². The molecule has 132 valence electrons. The zero-order chi connectivity index (χ0) is 18.3. The van der Waals surface area contributed by atoms with E-state index in [1.165, 1.54) is 0 Å². The lowest BCUT2D eigenvalue weighted by Gasteiger charge is -2.17. The van der Waals surface area contributed by atoms with Gasteiger partial charge in [0.2, 0.25) is 0 Å². The van der Waals surface area contributed by atoms with Gasteiger partial charge in [0.25, 0.3) is 5.56 Å². The second-order valence-electron chi connectivity index (χ2n) is 6.85. The second-order valence-corrected chi connectivity index (χ2v) is 6.85. The van der Waals surface area contributed by atoms with Gasteiger partial charge in [-0.25, -0.2) is 0 Å². The normalized spacial score (nSPS) is 11.7. The van der Waals surface area contributed by atoms with Crippen molar-refractivity contribution in [2.75, 3.05) is 27.7 Å². The Morgan fingerprint density at radius 2 is 1.65 bits per heavy atom. The van der Waals surface area contributed by atoms with Gasteiger partial charge in [0.15, 0.2) is 0 Å². The maximum absolute atomic E-state index is 13.3. The summed E-state index contributed by atoms with van der Waals surface area (Å²) in [5, 5.41) is 5.01. The third kappa shape index (κ3) is 2.63. The van der Waals surface area contributed by atoms with E-state index in [0.29, 0.717) is 6.54 Å². The van der Waals surface area contributed by atoms with Crippen molar-refractivity contribution in [2.24, 2.45) is 0 Å². The number of likely N-dealkylation sites (N-methyl/N-ethyl adjacent to an activating group) is 1. The fourth-order valence-electron chi connectivity index (χ4n) is 3.58. The Balaban J connectivity index is 2.19. The lowest BCUT2D eigenvalue weighted by atomic mass is 10.0. The van der Waals surface area contributed by atoms with Crippen molar-refractivity contribution in [2.45, 2.75) is 6.54 Å². The molecule has 0 unspecified atom stereocenters. The molecule has 26 heavy (non-hydrogen) atoms. The first-order valence-corrected chi connectivity index (χ1v) is 8.77. The minimum Gasteiger partial charge on any atom is -0.497 e. The molecule has 0 atom stereocenters. The average Bonchev–Trinajstić information content (AvgIpc) is 2.67. The van der Waals surface area contributed by atoms with Crippen molar-refractivity contribution in [1.29, 1.82) is 0 Å². The van der Waals surface area contributed by atoms with Crippen LogP contribution in [-0.2, 0) is 6.54 Å². The molecule has 0 spiro atoms. The Hall–Kier alpha value is -2.85. The van der Waals surface area contributed by atoms with Crippen LogP contribution >= 0.6 is 0 Å². The smallest absolute Gasteiger partial charge is 0.258 e. The highest BCUT2D eigenvalue weighted by Gasteiger charge is 2.14. The summed E-state index contributed by atoms with van der Waals surface area (Å²) in [5.41, 5.74) is 1.04. The van der Waals surface area contributed by atoms with E-state index in [1.807, 2.05) is 61.1 Å². The van der Waals surface area contributed by atoms with Crippen LogP contribution in [0.25, 0.3) is 32.4 Å². The Kier molecular flexibility index (Phi) is 4.13. The zero-order valence-corrected chi connectivity index (χ0v) is 15.3. The summed E-state index contributed by atoms with van der Waals surface area (Å²) in [6.45, 7) is 1.44. The predicted molar refractivity (Wildman–Crippen MR) is 108 cm³/mol. The highest BCUT2D eigenvalue weighted by molar-refractivity contribution is 6.15. The van der Waals surface area contributed by atoms with Crippen molar-refractivity contribution < 1.29 is 4.74 Å². The van der Waals surface area contributed by atoms with Gasteiger partial charge in [-0.1, -0.05) is 36.4 Å². The van der Waals surface area contributed by atoms with Crippen LogP contribution in [0.1, 0.15) is 0 Å². The fourth-order valence-corrected chi connectivity index (χ4v) is 3.58. The Morgan fingerprint density at radius 1 is 0.923 bits per heavy atom. The summed E-state index contributed by atoms with van der Waals surface area (Å²) in [5.74, 6) is 0.796. The first-order valence-electron chi connectivity index (χ1n) is 8.77. The largest absolute Gasteiger partial charge is 0.497 e. The van der Waals surface area contributed by atoms with Crippen LogP contribution in [-0.4, -0.2) is 37.2 Å². The molecule has 0 amide bonds. The molecule has 3 aromatic carbocycles. The lowest BCUT2D eigenvalue weighted by molar-refractivity contribution is 0.385. The van der Waals surface area contributed by atoms with Gasteiger partial charge in [-0.3, -0.25) is 4.79 Å². The number of aromatic nitrogens is 1. The van der Waals surface area contributed by atoms with Crippen molar-refractivity contribution >= 4 is 32.4 Å². The van der Waals surface area contributed by atoms with Crippen LogP contribution in [0, 0.1) is 0 Å². The SMILES string of the molecule is COc1ccc2ccc3c4ccccc4c(=O)n(CCN(C)C)c3c2c1. The van der Waals surface area contributed by atoms with Gasteiger partial charge in [-0.05, 0) is 43.1 Å². The van der Waals surface area contributed by atoms with Crippen molar-refractivity contribution in [3.63, 3.8) is 0 Å². The molecular weight excluding hydrogens is 324 g/mol. The minimum atomic E-state index is 0.0604. The molecule has 1 heterocycles. The molecule has 4 nitrogen and oxygen atoms in total. The second kappa shape index (κ2) is 6.46. The number of nitrogens with zero attached hydrogens (tertiary/aromatic N) is 2. The zero-order valence-electron chi connectivity index (χ0n) is 15.3. The Labute approximate surface area is 152 Å². The summed E-state index contributed by atoms with van der Waals surface area (Å²) in [6, 6.07) is 18.1. The van der Waals surface area contributed by atoms with Crippen LogP contribution in [0.2, 0.25) is 0 Å². The molecule has 0 aliphatic rings. The number of fused-ring (bicyclic) bond motifs is 5. The molecule has 0 aliphatic carbocycles. The maximum Gasteiger partial charge on any atom is 0.258 e. The fraction of sp³-hybridized carbons (Fsp3) is 0.227. The predicted octanol–water partition coefficient (Wildman–Crippen LogP) is 3.88. The monoisotopic (exact) mass is 346 g/mol. The molecule has 1 aromatic heterocycles. The molecule has 0 saturated heterocycles. The molecule has 4 heteroatoms. The number of benzene rings is 3. The molecular formula is C22H22N2O2. The number of hydrogen-bond donors (Lipinski definition) is 0. The first-order chi connectivity index (χ1) is 12.6. The first kappa shape index (κ1) is 16.6. The molecule has 0 fully saturated rings. The van der Waals surface area contributed by atoms with E-state index in [0.717, 1.165) is 44.7 Å². The van der Waals surface area contributed by atoms with Crippen molar-refractivity contribution in [3.8, 4) is 5.75 Å². The maximum atomic E-state index is 13.3. The minimum absolute atomic E-state index is 0.0604. The summed E-state index contributed by atoms with van der Waals surface area (Å²) in [6.07, 6.45) is 0. The number of rotatable bonds is 4. The standard InChI is InChI=1S/C22H22N2O2/c1-23(2)12-13-24-21-18(17-6-4-5-7-19(17)22(24)25)11-9-15-8-10-16(26-3)14-20(15)21/h4-11,14H,12-13H2,1-3H3. The van der Waals surface area contributed by atoms with Crippen molar-refractivity contribution in [3.05, 3.63) is 65.0 Å². The van der Waals surface area contributed by atoms with E-state index in [2.05, 4.69) is 17.0 Å². The summed E-state index contributed by atoms with van der Waals surface area (Å²) < 4.78 is 7.35. The molecule has 0 radical (unpaired) electrons. The van der Waals surface area contributed by atoms with Crippen LogP contribution in [0.15, 0.2) is 59.4 Å². The van der Waals surface area contributed by atoms with E-state index in [1.54, 1.807) is 7.11 Å². The summed E-state index contributed by atoms with van der Waals surface area (Å²) in [7, 11) is 5.71. The van der Waals surface area contributed by atoms with E-state index in [4.69, 9.17) is 4.74 Å². The van der Waals surface area contributed by atoms with E-state index >= 15 is 0 Å². The van der Waals surface area contributed by atoms with E-state index < -0.39 is 0 Å². The highest BCUT2D eigenvalue weighted by Crippen LogP contribution is 2.31. The Morgan fingerprint density at radius 3 is 2.38 bits per heavy atom. The number of ether oxygens (including phenoxy) is 1. The lowest BCUT2D eigenvalue weighted by Crippen LogP contribution is -2.27. The molecule has 4 rings (SSSR count). The van der Waals surface area contributed by atoms with Gasteiger partial charge in [0.05, 0.1) is 12.6 Å². The van der Waals surface area contributed by atoms with Crippen LogP contribution < -0.4 is 10.3 Å². The van der Waals surface area contributed by atoms with Gasteiger partial charge in [-0.2, -0.15) is 0 Å². The van der Waals surface area contributed by atoms with Gasteiger partial charge < -0.3 is 14.2 Å². The molecule has 0 bridgehead atoms. The van der Waals surface area contributed by atoms with E-state index in [9.17, 15) is 4.79 Å². The third-order valence-corrected chi connectivity index (χ3v) is 4.93. The van der Waals surface area contributed by atoms with Gasteiger partial charge in [0.1, 0.15) is 5.75 Å². The summed E-state index contributed by atoms with van der Waals surface area (Å²) >= 11 is 0. The highest BCUT2D eigenvalue weighted by atomic mass is 16.5. The van der Waals surface area contributed by atoms with Crippen LogP contribution in [0.3, 0.4) is 0 Å². The molecule has 4 aromatic rings. The number of hydrogen-bond acceptors (Lipinski definition) is 3. The van der Waals surface area contributed by atoms with Crippen molar-refractivity contribution in [1.82, 2.24) is 9.47 Å². The number of pyridine rings is 1. The quantitative estimate of drug-likeness (QED) is 0.526. The van der Waals surface area contributed by atoms with Gasteiger partial charge in [0, 0.05) is 29.2 Å². The molecule has 0 aliphatic heterocycles. The molecule has 0 saturated carbocycles. The summed E-state index contributed by atoms with van der Waals surface area (Å²) in [4.78, 5) is 15.4. The third-order valence-electron chi connectivity index (χ3n) is 4.93. The Bertz CT molecular complexity index is 1180. The van der Waals surface area contributed by atoms with Crippen LogP contribution in [0.4, 0.5) is 0 Å². The van der Waals surface area contributed by atoms with Gasteiger partial charge >= 0.3 is 0 Å². The number of methoxy groups -OCH3 is 1. The molecule has 0 N–H and O–H groups in total. The van der Waals surface area contributed by atoms with Crippen LogP contribution in [0.5, 0.6) is 5.75 Å². The van der Waals surface area contributed by atoms with Gasteiger partial charge in [-0.15, -0.1) is 0 Å². The van der Waals surface area contributed by atoms with E-state index in [-0.39, 0.29) is 5.56 Å².